The predicted octanol–water partition coefficient (Wildman–Crippen LogP) is 5.04. The Bertz CT molecular complexity index is 1350. The molecule has 38 heavy (non-hydrogen) atoms. The summed E-state index contributed by atoms with van der Waals surface area (Å²) in [6.45, 7) is 3.71. The van der Waals surface area contributed by atoms with Crippen LogP contribution in [-0.2, 0) is 16.1 Å². The molecule has 0 saturated carbocycles. The summed E-state index contributed by atoms with van der Waals surface area (Å²) >= 11 is 0. The van der Waals surface area contributed by atoms with Crippen LogP contribution >= 0.6 is 0 Å². The number of Topliss-reactive ketones (excluding diaryl/α,β-unsaturated/α-hetero) is 1. The van der Waals surface area contributed by atoms with E-state index in [0.717, 1.165) is 24.8 Å². The number of hydrogen-bond donors (Lipinski definition) is 1. The van der Waals surface area contributed by atoms with Gasteiger partial charge in [0, 0.05) is 24.5 Å². The van der Waals surface area contributed by atoms with Crippen molar-refractivity contribution < 1.29 is 28.9 Å². The molecule has 3 heterocycles. The minimum atomic E-state index is -0.810. The number of hydrogen-bond acceptors (Lipinski definition) is 7. The Morgan fingerprint density at radius 2 is 1.82 bits per heavy atom. The fourth-order valence-corrected chi connectivity index (χ4v) is 4.74. The maximum atomic E-state index is 13.4. The van der Waals surface area contributed by atoms with Crippen LogP contribution in [0, 0.1) is 0 Å². The van der Waals surface area contributed by atoms with Gasteiger partial charge in [0.05, 0.1) is 18.2 Å². The van der Waals surface area contributed by atoms with Crippen LogP contribution in [0.4, 0.5) is 0 Å². The summed E-state index contributed by atoms with van der Waals surface area (Å²) in [6, 6.07) is 15.1. The molecule has 3 aromatic rings. The van der Waals surface area contributed by atoms with Crippen LogP contribution < -0.4 is 14.2 Å². The lowest BCUT2D eigenvalue weighted by Gasteiger charge is -2.26. The van der Waals surface area contributed by atoms with Crippen LogP contribution in [-0.4, -0.2) is 46.5 Å². The molecule has 2 aromatic carbocycles. The molecule has 1 fully saturated rings. The Hall–Kier alpha value is -4.33. The highest BCUT2D eigenvalue weighted by molar-refractivity contribution is 6.46. The molecule has 5 rings (SSSR count). The second kappa shape index (κ2) is 11.4. The van der Waals surface area contributed by atoms with Crippen molar-refractivity contribution in [2.45, 2.75) is 38.8 Å². The van der Waals surface area contributed by atoms with Crippen molar-refractivity contribution in [3.05, 3.63) is 89.3 Å². The monoisotopic (exact) mass is 514 g/mol. The van der Waals surface area contributed by atoms with Crippen molar-refractivity contribution in [2.24, 2.45) is 0 Å². The number of carbonyl (C=O) groups is 2. The molecule has 1 atom stereocenters. The summed E-state index contributed by atoms with van der Waals surface area (Å²) < 4.78 is 17.2. The number of pyridine rings is 1. The molecule has 8 heteroatoms. The maximum absolute atomic E-state index is 13.4. The van der Waals surface area contributed by atoms with Crippen molar-refractivity contribution in [3.63, 3.8) is 0 Å². The van der Waals surface area contributed by atoms with Gasteiger partial charge in [-0.15, -0.1) is 0 Å². The van der Waals surface area contributed by atoms with Gasteiger partial charge in [-0.05, 0) is 60.0 Å². The second-order valence-electron chi connectivity index (χ2n) is 9.27. The molecule has 1 amide bonds. The number of ketones is 1. The van der Waals surface area contributed by atoms with Crippen molar-refractivity contribution in [3.8, 4) is 17.2 Å². The highest BCUT2D eigenvalue weighted by atomic mass is 16.6. The van der Waals surface area contributed by atoms with Gasteiger partial charge in [0.1, 0.15) is 24.7 Å². The smallest absolute Gasteiger partial charge is 0.295 e. The first-order valence-corrected chi connectivity index (χ1v) is 12.9. The zero-order chi connectivity index (χ0) is 26.5. The van der Waals surface area contributed by atoms with Gasteiger partial charge >= 0.3 is 0 Å². The fourth-order valence-electron chi connectivity index (χ4n) is 4.74. The van der Waals surface area contributed by atoms with Gasteiger partial charge in [0.15, 0.2) is 11.5 Å². The molecule has 8 nitrogen and oxygen atoms in total. The van der Waals surface area contributed by atoms with Crippen molar-refractivity contribution in [2.75, 3.05) is 19.8 Å². The van der Waals surface area contributed by atoms with Crippen molar-refractivity contribution in [1.82, 2.24) is 9.88 Å². The van der Waals surface area contributed by atoms with Gasteiger partial charge in [-0.3, -0.25) is 14.6 Å². The quantitative estimate of drug-likeness (QED) is 0.185. The van der Waals surface area contributed by atoms with Crippen LogP contribution in [0.5, 0.6) is 17.2 Å². The molecule has 0 radical (unpaired) electrons. The van der Waals surface area contributed by atoms with Crippen LogP contribution in [0.1, 0.15) is 48.9 Å². The lowest BCUT2D eigenvalue weighted by molar-refractivity contribution is -0.140. The van der Waals surface area contributed by atoms with Crippen LogP contribution in [0.15, 0.2) is 72.6 Å². The Morgan fingerprint density at radius 1 is 1.03 bits per heavy atom. The number of rotatable bonds is 9. The van der Waals surface area contributed by atoms with E-state index >= 15 is 0 Å². The van der Waals surface area contributed by atoms with E-state index in [1.165, 1.54) is 4.90 Å². The molecule has 1 unspecified atom stereocenters. The Labute approximate surface area is 221 Å². The number of aromatic nitrogens is 1. The molecular formula is C30H30N2O6. The largest absolute Gasteiger partial charge is 0.507 e. The highest BCUT2D eigenvalue weighted by Gasteiger charge is 2.46. The molecule has 2 aliphatic heterocycles. The summed E-state index contributed by atoms with van der Waals surface area (Å²) in [5.74, 6) is -0.00381. The first-order valence-electron chi connectivity index (χ1n) is 12.9. The highest BCUT2D eigenvalue weighted by Crippen LogP contribution is 2.42. The summed E-state index contributed by atoms with van der Waals surface area (Å²) in [6.07, 6.45) is 6.38. The van der Waals surface area contributed by atoms with E-state index in [1.807, 2.05) is 24.3 Å². The van der Waals surface area contributed by atoms with Gasteiger partial charge in [0.2, 0.25) is 0 Å². The fraction of sp³-hybridized carbons (Fsp3) is 0.300. The van der Waals surface area contributed by atoms with Crippen LogP contribution in [0.3, 0.4) is 0 Å². The Morgan fingerprint density at radius 3 is 2.61 bits per heavy atom. The Kier molecular flexibility index (Phi) is 7.58. The second-order valence-corrected chi connectivity index (χ2v) is 9.27. The van der Waals surface area contributed by atoms with Crippen molar-refractivity contribution in [1.29, 1.82) is 0 Å². The number of benzene rings is 2. The third-order valence-corrected chi connectivity index (χ3v) is 6.65. The lowest BCUT2D eigenvalue weighted by atomic mass is 9.95. The van der Waals surface area contributed by atoms with E-state index < -0.39 is 17.7 Å². The summed E-state index contributed by atoms with van der Waals surface area (Å²) in [5, 5.41) is 11.4. The molecule has 0 aliphatic carbocycles. The molecule has 0 spiro atoms. The van der Waals surface area contributed by atoms with E-state index in [2.05, 4.69) is 11.9 Å². The average Bonchev–Trinajstić information content (AvgIpc) is 3.20. The van der Waals surface area contributed by atoms with Gasteiger partial charge in [0.25, 0.3) is 11.7 Å². The van der Waals surface area contributed by atoms with Crippen LogP contribution in [0.2, 0.25) is 0 Å². The minimum absolute atomic E-state index is 0.0175. The number of aliphatic hydroxyl groups excluding tert-OH is 1. The first-order chi connectivity index (χ1) is 18.6. The number of likely N-dealkylation sites (tertiary alicyclic amines) is 1. The molecule has 196 valence electrons. The number of carbonyl (C=O) groups excluding carboxylic acids is 2. The van der Waals surface area contributed by atoms with E-state index in [1.54, 1.807) is 42.7 Å². The zero-order valence-electron chi connectivity index (χ0n) is 21.3. The van der Waals surface area contributed by atoms with E-state index in [-0.39, 0.29) is 17.9 Å². The van der Waals surface area contributed by atoms with E-state index in [4.69, 9.17) is 14.2 Å². The standard InChI is InChI=1S/C30H30N2O6/c1-2-3-4-14-36-23-7-5-6-21(17-23)27-26(28(33)22-8-9-24-25(18-22)38-16-15-37-24)29(34)30(35)32(27)19-20-10-12-31-13-11-20/h5-13,17-18,27,33H,2-4,14-16,19H2,1H3/b28-26+. The number of aliphatic hydroxyl groups is 1. The predicted molar refractivity (Wildman–Crippen MR) is 141 cm³/mol. The van der Waals surface area contributed by atoms with Gasteiger partial charge in [-0.25, -0.2) is 0 Å². The normalized spacial score (nSPS) is 18.0. The van der Waals surface area contributed by atoms with Crippen molar-refractivity contribution >= 4 is 17.4 Å². The minimum Gasteiger partial charge on any atom is -0.507 e. The first kappa shape index (κ1) is 25.3. The zero-order valence-corrected chi connectivity index (χ0v) is 21.3. The van der Waals surface area contributed by atoms with Crippen LogP contribution in [0.25, 0.3) is 5.76 Å². The maximum Gasteiger partial charge on any atom is 0.295 e. The number of nitrogens with zero attached hydrogens (tertiary/aromatic N) is 2. The topological polar surface area (TPSA) is 98.2 Å². The van der Waals surface area contributed by atoms with E-state index in [9.17, 15) is 14.7 Å². The van der Waals surface area contributed by atoms with Gasteiger partial charge in [-0.2, -0.15) is 0 Å². The lowest BCUT2D eigenvalue weighted by Crippen LogP contribution is -2.29. The Balaban J connectivity index is 1.56. The third-order valence-electron chi connectivity index (χ3n) is 6.65. The van der Waals surface area contributed by atoms with Gasteiger partial charge < -0.3 is 24.2 Å². The molecule has 2 aliphatic rings. The average molecular weight is 515 g/mol. The number of ether oxygens (including phenoxy) is 3. The number of unbranched alkanes of at least 4 members (excludes halogenated alkanes) is 2. The molecule has 1 N–H and O–H groups in total. The summed E-state index contributed by atoms with van der Waals surface area (Å²) in [5.41, 5.74) is 1.88. The number of amides is 1. The van der Waals surface area contributed by atoms with E-state index in [0.29, 0.717) is 48.2 Å². The summed E-state index contributed by atoms with van der Waals surface area (Å²) in [7, 11) is 0. The third kappa shape index (κ3) is 5.20. The molecule has 0 bridgehead atoms. The number of fused-ring (bicyclic) bond motifs is 1. The molecule has 1 aromatic heterocycles. The summed E-state index contributed by atoms with van der Waals surface area (Å²) in [4.78, 5) is 32.3. The van der Waals surface area contributed by atoms with Gasteiger partial charge in [-0.1, -0.05) is 31.9 Å². The SMILES string of the molecule is CCCCCOc1cccc(C2/C(=C(\O)c3ccc4c(c3)OCCO4)C(=O)C(=O)N2Cc2ccncc2)c1. The molecular weight excluding hydrogens is 484 g/mol. The molecule has 1 saturated heterocycles.